The maximum atomic E-state index is 13.3. The number of fused-ring (bicyclic) bond motifs is 5. The fourth-order valence-electron chi connectivity index (χ4n) is 4.24. The highest BCUT2D eigenvalue weighted by atomic mass is 32.1. The molecule has 0 amide bonds. The van der Waals surface area contributed by atoms with Gasteiger partial charge in [0, 0.05) is 21.5 Å². The Bertz CT molecular complexity index is 1780. The molecule has 0 aliphatic rings. The van der Waals surface area contributed by atoms with E-state index in [-0.39, 0.29) is 47.3 Å². The van der Waals surface area contributed by atoms with E-state index in [9.17, 15) is 19.2 Å². The van der Waals surface area contributed by atoms with Gasteiger partial charge in [-0.25, -0.2) is 0 Å². The molecule has 0 unspecified atom stereocenters. The molecule has 1 aromatic heterocycles. The molecule has 0 saturated heterocycles. The first-order valence-corrected chi connectivity index (χ1v) is 10.9. The van der Waals surface area contributed by atoms with Crippen molar-refractivity contribution in [3.8, 4) is 0 Å². The molecular formula is C26H18O4S. The van der Waals surface area contributed by atoms with Gasteiger partial charge in [0.1, 0.15) is 0 Å². The fourth-order valence-corrected chi connectivity index (χ4v) is 5.44. The van der Waals surface area contributed by atoms with E-state index in [0.717, 1.165) is 29.7 Å². The number of rotatable bonds is 3. The molecule has 0 saturated carbocycles. The predicted octanol–water partition coefficient (Wildman–Crippen LogP) is 4.58. The van der Waals surface area contributed by atoms with Gasteiger partial charge < -0.3 is 0 Å². The van der Waals surface area contributed by atoms with E-state index in [4.69, 9.17) is 0 Å². The lowest BCUT2D eigenvalue weighted by Crippen LogP contribution is -2.15. The van der Waals surface area contributed by atoms with Crippen LogP contribution in [0.4, 0.5) is 0 Å². The van der Waals surface area contributed by atoms with Crippen LogP contribution in [0.1, 0.15) is 25.8 Å². The van der Waals surface area contributed by atoms with E-state index in [1.54, 1.807) is 36.4 Å². The smallest absolute Gasteiger partial charge is 0.204 e. The molecule has 4 nitrogen and oxygen atoms in total. The molecule has 5 heteroatoms. The van der Waals surface area contributed by atoms with E-state index in [1.807, 2.05) is 19.9 Å². The van der Waals surface area contributed by atoms with Gasteiger partial charge in [0.2, 0.25) is 10.9 Å². The Morgan fingerprint density at radius 3 is 1.90 bits per heavy atom. The van der Waals surface area contributed by atoms with Crippen LogP contribution in [0.3, 0.4) is 0 Å². The first-order valence-electron chi connectivity index (χ1n) is 10.1. The van der Waals surface area contributed by atoms with Gasteiger partial charge in [-0.15, -0.1) is 11.3 Å². The topological polar surface area (TPSA) is 68.3 Å². The summed E-state index contributed by atoms with van der Waals surface area (Å²) in [6.45, 7) is 4.08. The first kappa shape index (κ1) is 19.5. The summed E-state index contributed by atoms with van der Waals surface area (Å²) in [4.78, 5) is 52.8. The van der Waals surface area contributed by atoms with Crippen molar-refractivity contribution in [3.63, 3.8) is 0 Å². The largest absolute Gasteiger partial charge is 0.289 e. The van der Waals surface area contributed by atoms with Crippen LogP contribution >= 0.6 is 11.3 Å². The molecule has 5 aromatic rings. The Morgan fingerprint density at radius 1 is 0.742 bits per heavy atom. The van der Waals surface area contributed by atoms with Gasteiger partial charge in [-0.2, -0.15) is 0 Å². The van der Waals surface area contributed by atoms with Gasteiger partial charge in [-0.05, 0) is 38.3 Å². The Balaban J connectivity index is 1.89. The number of allylic oxidation sites excluding steroid dienone is 2. The maximum Gasteiger partial charge on any atom is 0.204 e. The quantitative estimate of drug-likeness (QED) is 0.396. The van der Waals surface area contributed by atoms with Gasteiger partial charge in [-0.1, -0.05) is 48.0 Å². The molecule has 0 aliphatic heterocycles. The van der Waals surface area contributed by atoms with E-state index in [2.05, 4.69) is 6.08 Å². The first-order chi connectivity index (χ1) is 14.9. The zero-order valence-corrected chi connectivity index (χ0v) is 17.9. The lowest BCUT2D eigenvalue weighted by Gasteiger charge is -2.03. The van der Waals surface area contributed by atoms with E-state index in [0.29, 0.717) is 16.2 Å². The number of aryl methyl sites for hydroxylation is 1. The average molecular weight is 426 g/mol. The molecule has 152 valence electrons. The van der Waals surface area contributed by atoms with E-state index in [1.165, 1.54) is 5.57 Å². The van der Waals surface area contributed by atoms with Crippen LogP contribution in [0, 0.1) is 0 Å². The summed E-state index contributed by atoms with van der Waals surface area (Å²) in [7, 11) is 0. The van der Waals surface area contributed by atoms with Crippen LogP contribution < -0.4 is 21.7 Å². The second-order valence-electron chi connectivity index (χ2n) is 8.07. The third-order valence-electron chi connectivity index (χ3n) is 5.75. The zero-order chi connectivity index (χ0) is 21.9. The van der Waals surface area contributed by atoms with Gasteiger partial charge in [0.15, 0.2) is 10.9 Å². The van der Waals surface area contributed by atoms with E-state index >= 15 is 0 Å². The SMILES string of the molecule is CC(C)=CCCc1ccc2c(=O)c3c(sc4c(=O)c5ccccc5c(=O)c43)c(=O)c2c1. The summed E-state index contributed by atoms with van der Waals surface area (Å²) < 4.78 is 0.380. The minimum absolute atomic E-state index is 0.0836. The Hall–Kier alpha value is -3.44. The Labute approximate surface area is 180 Å². The maximum absolute atomic E-state index is 13.3. The van der Waals surface area contributed by atoms with Crippen molar-refractivity contribution in [2.75, 3.05) is 0 Å². The molecule has 0 fully saturated rings. The number of thiophene rings is 1. The molecule has 0 spiro atoms. The second-order valence-corrected chi connectivity index (χ2v) is 9.09. The lowest BCUT2D eigenvalue weighted by atomic mass is 9.99. The van der Waals surface area contributed by atoms with Gasteiger partial charge >= 0.3 is 0 Å². The van der Waals surface area contributed by atoms with E-state index < -0.39 is 0 Å². The van der Waals surface area contributed by atoms with Crippen LogP contribution in [-0.4, -0.2) is 0 Å². The van der Waals surface area contributed by atoms with Crippen molar-refractivity contribution in [2.45, 2.75) is 26.7 Å². The second kappa shape index (κ2) is 7.06. The standard InChI is InChI=1S/C26H18O4S/c1-13(2)6-5-7-14-10-11-17-18(12-14)24(30)26-20(22(17)28)19-21(27)15-8-3-4-9-16(15)23(29)25(19)31-26/h3-4,6,8-12H,5,7H2,1-2H3. The summed E-state index contributed by atoms with van der Waals surface area (Å²) in [6.07, 6.45) is 3.75. The highest BCUT2D eigenvalue weighted by molar-refractivity contribution is 7.25. The van der Waals surface area contributed by atoms with Crippen molar-refractivity contribution in [2.24, 2.45) is 0 Å². The van der Waals surface area contributed by atoms with Gasteiger partial charge in [0.25, 0.3) is 0 Å². The molecule has 0 atom stereocenters. The zero-order valence-electron chi connectivity index (χ0n) is 17.1. The highest BCUT2D eigenvalue weighted by Gasteiger charge is 2.21. The van der Waals surface area contributed by atoms with Crippen molar-refractivity contribution in [3.05, 3.63) is 101 Å². The predicted molar refractivity (Wildman–Crippen MR) is 130 cm³/mol. The number of hydrogen-bond donors (Lipinski definition) is 0. The Morgan fingerprint density at radius 2 is 1.29 bits per heavy atom. The molecule has 1 heterocycles. The van der Waals surface area contributed by atoms with Crippen LogP contribution in [-0.2, 0) is 6.42 Å². The third-order valence-corrected chi connectivity index (χ3v) is 6.94. The average Bonchev–Trinajstić information content (AvgIpc) is 3.17. The lowest BCUT2D eigenvalue weighted by molar-refractivity contribution is 0.991. The molecule has 0 radical (unpaired) electrons. The summed E-state index contributed by atoms with van der Waals surface area (Å²) in [5, 5.41) is 1.41. The van der Waals surface area contributed by atoms with Crippen molar-refractivity contribution >= 4 is 53.1 Å². The summed E-state index contributed by atoms with van der Waals surface area (Å²) in [5.74, 6) is 0. The molecule has 0 bridgehead atoms. The third kappa shape index (κ3) is 2.88. The molecule has 0 aliphatic carbocycles. The van der Waals surface area contributed by atoms with Crippen molar-refractivity contribution < 1.29 is 0 Å². The minimum Gasteiger partial charge on any atom is -0.289 e. The van der Waals surface area contributed by atoms with Crippen molar-refractivity contribution in [1.82, 2.24) is 0 Å². The molecular weight excluding hydrogens is 408 g/mol. The van der Waals surface area contributed by atoms with Gasteiger partial charge in [0.05, 0.1) is 20.2 Å². The Kier molecular flexibility index (Phi) is 4.45. The summed E-state index contributed by atoms with van der Waals surface area (Å²) >= 11 is 0.966. The van der Waals surface area contributed by atoms with Crippen LogP contribution in [0.2, 0.25) is 0 Å². The van der Waals surface area contributed by atoms with Crippen LogP contribution in [0.5, 0.6) is 0 Å². The molecule has 4 aromatic carbocycles. The molecule has 31 heavy (non-hydrogen) atoms. The van der Waals surface area contributed by atoms with Crippen LogP contribution in [0.25, 0.3) is 41.7 Å². The highest BCUT2D eigenvalue weighted by Crippen LogP contribution is 2.29. The molecule has 5 rings (SSSR count). The van der Waals surface area contributed by atoms with Crippen LogP contribution in [0.15, 0.2) is 73.3 Å². The van der Waals surface area contributed by atoms with Gasteiger partial charge in [-0.3, -0.25) is 19.2 Å². The number of hydrogen-bond acceptors (Lipinski definition) is 5. The summed E-state index contributed by atoms with van der Waals surface area (Å²) in [6, 6.07) is 11.9. The monoisotopic (exact) mass is 426 g/mol. The minimum atomic E-state index is -0.370. The summed E-state index contributed by atoms with van der Waals surface area (Å²) in [5.41, 5.74) is 0.869. The fraction of sp³-hybridized carbons (Fsp3) is 0.154. The normalized spacial score (nSPS) is 11.7. The molecule has 0 N–H and O–H groups in total. The number of benzene rings is 4. The van der Waals surface area contributed by atoms with Crippen molar-refractivity contribution in [1.29, 1.82) is 0 Å².